The van der Waals surface area contributed by atoms with Gasteiger partial charge in [0.2, 0.25) is 0 Å². The van der Waals surface area contributed by atoms with Gasteiger partial charge in [-0.3, -0.25) is 9.78 Å². The zero-order valence-corrected chi connectivity index (χ0v) is 11.7. The number of rotatable bonds is 6. The second kappa shape index (κ2) is 8.20. The Bertz CT molecular complexity index is 625. The molecule has 0 unspecified atom stereocenters. The van der Waals surface area contributed by atoms with Crippen LogP contribution in [0, 0.1) is 0 Å². The van der Waals surface area contributed by atoms with Crippen molar-refractivity contribution in [2.45, 2.75) is 6.54 Å². The van der Waals surface area contributed by atoms with Crippen molar-refractivity contribution in [3.63, 3.8) is 0 Å². The van der Waals surface area contributed by atoms with Gasteiger partial charge in [-0.2, -0.15) is 5.10 Å². The quantitative estimate of drug-likeness (QED) is 0.537. The normalized spacial score (nSPS) is 10.4. The van der Waals surface area contributed by atoms with Gasteiger partial charge in [-0.25, -0.2) is 10.2 Å². The third kappa shape index (κ3) is 5.45. The number of carbonyl (C=O) groups is 2. The van der Waals surface area contributed by atoms with Crippen LogP contribution in [0.25, 0.3) is 0 Å². The zero-order valence-electron chi connectivity index (χ0n) is 11.7. The molecule has 8 nitrogen and oxygen atoms in total. The number of aromatic nitrogens is 1. The van der Waals surface area contributed by atoms with E-state index in [9.17, 15) is 9.59 Å². The van der Waals surface area contributed by atoms with E-state index in [0.29, 0.717) is 11.5 Å². The van der Waals surface area contributed by atoms with Crippen molar-refractivity contribution in [1.82, 2.24) is 21.0 Å². The molecule has 0 saturated carbocycles. The monoisotopic (exact) mass is 301 g/mol. The standard InChI is InChI=1S/C14H15N5O3/c20-13(19-18-8-11-4-1-2-6-15-11)10-17-14(21)16-9-12-5-3-7-22-12/h1-8H,9-10H2,(H,19,20)(H2,16,17,21)/b18-8+. The van der Waals surface area contributed by atoms with Crippen molar-refractivity contribution in [1.29, 1.82) is 0 Å². The molecule has 0 spiro atoms. The lowest BCUT2D eigenvalue weighted by molar-refractivity contribution is -0.120. The van der Waals surface area contributed by atoms with Crippen LogP contribution >= 0.6 is 0 Å². The smallest absolute Gasteiger partial charge is 0.315 e. The molecule has 0 bridgehead atoms. The molecular weight excluding hydrogens is 286 g/mol. The zero-order chi connectivity index (χ0) is 15.6. The largest absolute Gasteiger partial charge is 0.467 e. The molecule has 0 aliphatic rings. The van der Waals surface area contributed by atoms with Gasteiger partial charge in [0.25, 0.3) is 5.91 Å². The average molecular weight is 301 g/mol. The predicted molar refractivity (Wildman–Crippen MR) is 78.9 cm³/mol. The maximum atomic E-state index is 11.5. The van der Waals surface area contributed by atoms with Gasteiger partial charge in [0.15, 0.2) is 0 Å². The first kappa shape index (κ1) is 15.2. The van der Waals surface area contributed by atoms with Gasteiger partial charge >= 0.3 is 6.03 Å². The molecule has 0 atom stereocenters. The van der Waals surface area contributed by atoms with Crippen LogP contribution in [0.4, 0.5) is 4.79 Å². The summed E-state index contributed by atoms with van der Waals surface area (Å²) in [4.78, 5) is 26.9. The van der Waals surface area contributed by atoms with E-state index < -0.39 is 11.9 Å². The first-order valence-electron chi connectivity index (χ1n) is 6.51. The molecule has 114 valence electrons. The van der Waals surface area contributed by atoms with E-state index in [0.717, 1.165) is 0 Å². The molecule has 0 fully saturated rings. The predicted octanol–water partition coefficient (Wildman–Crippen LogP) is 0.624. The Balaban J connectivity index is 1.62. The molecule has 22 heavy (non-hydrogen) atoms. The van der Waals surface area contributed by atoms with Crippen LogP contribution in [0.1, 0.15) is 11.5 Å². The van der Waals surface area contributed by atoms with E-state index in [4.69, 9.17) is 4.42 Å². The molecule has 2 aromatic rings. The molecule has 3 amide bonds. The summed E-state index contributed by atoms with van der Waals surface area (Å²) in [6, 6.07) is 8.32. The SMILES string of the molecule is O=C(CNC(=O)NCc1ccco1)N/N=C/c1ccccn1. The maximum Gasteiger partial charge on any atom is 0.315 e. The summed E-state index contributed by atoms with van der Waals surface area (Å²) in [7, 11) is 0. The van der Waals surface area contributed by atoms with Gasteiger partial charge in [0.1, 0.15) is 12.3 Å². The summed E-state index contributed by atoms with van der Waals surface area (Å²) in [5.41, 5.74) is 2.90. The summed E-state index contributed by atoms with van der Waals surface area (Å²) < 4.78 is 5.06. The number of nitrogens with zero attached hydrogens (tertiary/aromatic N) is 2. The fourth-order valence-corrected chi connectivity index (χ4v) is 1.47. The van der Waals surface area contributed by atoms with Crippen molar-refractivity contribution in [3.05, 3.63) is 54.2 Å². The van der Waals surface area contributed by atoms with E-state index in [2.05, 4.69) is 26.1 Å². The lowest BCUT2D eigenvalue weighted by atomic mass is 10.4. The van der Waals surface area contributed by atoms with Crippen LogP contribution in [0.5, 0.6) is 0 Å². The highest BCUT2D eigenvalue weighted by atomic mass is 16.3. The molecule has 2 rings (SSSR count). The van der Waals surface area contributed by atoms with E-state index in [1.54, 1.807) is 36.5 Å². The second-order valence-electron chi connectivity index (χ2n) is 4.16. The molecule has 2 heterocycles. The Morgan fingerprint density at radius 2 is 2.14 bits per heavy atom. The van der Waals surface area contributed by atoms with Crippen molar-refractivity contribution in [2.75, 3.05) is 6.54 Å². The molecule has 0 aromatic carbocycles. The van der Waals surface area contributed by atoms with Gasteiger partial charge in [-0.15, -0.1) is 0 Å². The molecule has 8 heteroatoms. The minimum absolute atomic E-state index is 0.191. The topological polar surface area (TPSA) is 109 Å². The van der Waals surface area contributed by atoms with E-state index in [1.165, 1.54) is 12.5 Å². The summed E-state index contributed by atoms with van der Waals surface area (Å²) >= 11 is 0. The summed E-state index contributed by atoms with van der Waals surface area (Å²) in [6.07, 6.45) is 4.55. The molecule has 0 saturated heterocycles. The van der Waals surface area contributed by atoms with Crippen molar-refractivity contribution in [3.8, 4) is 0 Å². The first-order valence-corrected chi connectivity index (χ1v) is 6.51. The Hall–Kier alpha value is -3.16. The van der Waals surface area contributed by atoms with E-state index in [-0.39, 0.29) is 13.1 Å². The number of furan rings is 1. The third-order valence-electron chi connectivity index (χ3n) is 2.49. The lowest BCUT2D eigenvalue weighted by Crippen LogP contribution is -2.40. The van der Waals surface area contributed by atoms with Gasteiger partial charge < -0.3 is 15.1 Å². The van der Waals surface area contributed by atoms with Gasteiger partial charge in [0.05, 0.1) is 24.7 Å². The van der Waals surface area contributed by atoms with Crippen LogP contribution in [0.2, 0.25) is 0 Å². The highest BCUT2D eigenvalue weighted by Crippen LogP contribution is 1.97. The molecular formula is C14H15N5O3. The van der Waals surface area contributed by atoms with Gasteiger partial charge in [0, 0.05) is 6.20 Å². The third-order valence-corrected chi connectivity index (χ3v) is 2.49. The molecule has 0 aliphatic heterocycles. The minimum Gasteiger partial charge on any atom is -0.467 e. The average Bonchev–Trinajstić information content (AvgIpc) is 3.05. The second-order valence-corrected chi connectivity index (χ2v) is 4.16. The number of urea groups is 1. The van der Waals surface area contributed by atoms with Gasteiger partial charge in [-0.1, -0.05) is 6.07 Å². The Labute approximate surface area is 126 Å². The number of nitrogens with one attached hydrogen (secondary N) is 3. The number of carbonyl (C=O) groups excluding carboxylic acids is 2. The van der Waals surface area contributed by atoms with E-state index >= 15 is 0 Å². The summed E-state index contributed by atoms with van der Waals surface area (Å²) in [5.74, 6) is 0.180. The first-order chi connectivity index (χ1) is 10.7. The Morgan fingerprint density at radius 3 is 2.86 bits per heavy atom. The van der Waals surface area contributed by atoms with Crippen molar-refractivity contribution >= 4 is 18.2 Å². The van der Waals surface area contributed by atoms with E-state index in [1.807, 2.05) is 0 Å². The number of amides is 3. The van der Waals surface area contributed by atoms with Crippen molar-refractivity contribution in [2.24, 2.45) is 5.10 Å². The molecule has 2 aromatic heterocycles. The minimum atomic E-state index is -0.472. The number of hydrogen-bond donors (Lipinski definition) is 3. The number of pyridine rings is 1. The summed E-state index contributed by atoms with van der Waals surface area (Å²) in [6.45, 7) is 0.0574. The highest BCUT2D eigenvalue weighted by Gasteiger charge is 2.04. The highest BCUT2D eigenvalue weighted by molar-refractivity contribution is 5.85. The van der Waals surface area contributed by atoms with Crippen LogP contribution in [-0.2, 0) is 11.3 Å². The fraction of sp³-hybridized carbons (Fsp3) is 0.143. The maximum absolute atomic E-state index is 11.5. The molecule has 0 radical (unpaired) electrons. The number of hydrazone groups is 1. The molecule has 0 aliphatic carbocycles. The van der Waals surface area contributed by atoms with Crippen molar-refractivity contribution < 1.29 is 14.0 Å². The Kier molecular flexibility index (Phi) is 5.68. The van der Waals surface area contributed by atoms with Gasteiger partial charge in [-0.05, 0) is 24.3 Å². The lowest BCUT2D eigenvalue weighted by Gasteiger charge is -2.05. The Morgan fingerprint density at radius 1 is 1.23 bits per heavy atom. The van der Waals surface area contributed by atoms with Crippen LogP contribution in [0.3, 0.4) is 0 Å². The van der Waals surface area contributed by atoms with Crippen LogP contribution in [0.15, 0.2) is 52.3 Å². The fourth-order valence-electron chi connectivity index (χ4n) is 1.47. The van der Waals surface area contributed by atoms with Crippen LogP contribution in [-0.4, -0.2) is 29.7 Å². The van der Waals surface area contributed by atoms with Crippen LogP contribution < -0.4 is 16.1 Å². The molecule has 3 N–H and O–H groups in total. The summed E-state index contributed by atoms with van der Waals surface area (Å²) in [5, 5.41) is 8.68. The number of hydrogen-bond acceptors (Lipinski definition) is 5.